The van der Waals surface area contributed by atoms with Gasteiger partial charge in [0.05, 0.1) is 24.1 Å². The van der Waals surface area contributed by atoms with Gasteiger partial charge >= 0.3 is 5.69 Å². The fourth-order valence-corrected chi connectivity index (χ4v) is 3.70. The first-order chi connectivity index (χ1) is 14.5. The van der Waals surface area contributed by atoms with E-state index in [0.29, 0.717) is 10.9 Å². The largest absolute Gasteiger partial charge is 0.378 e. The normalized spacial score (nSPS) is 14.1. The number of nitrogens with one attached hydrogen (secondary N) is 2. The topological polar surface area (TPSA) is 96.4 Å². The molecule has 1 aromatic heterocycles. The van der Waals surface area contributed by atoms with Gasteiger partial charge in [-0.2, -0.15) is 0 Å². The first-order valence-corrected chi connectivity index (χ1v) is 9.98. The SMILES string of the molecule is Cc1cc(N2CCOCC2)ccc1NC(=O)CCn1c(=O)[nH]c(=O)c2ccccc21. The van der Waals surface area contributed by atoms with E-state index in [4.69, 9.17) is 4.74 Å². The monoisotopic (exact) mass is 408 g/mol. The van der Waals surface area contributed by atoms with E-state index in [1.165, 1.54) is 4.57 Å². The minimum absolute atomic E-state index is 0.112. The smallest absolute Gasteiger partial charge is 0.328 e. The van der Waals surface area contributed by atoms with Gasteiger partial charge in [0.15, 0.2) is 0 Å². The van der Waals surface area contributed by atoms with Crippen LogP contribution in [0.4, 0.5) is 11.4 Å². The minimum Gasteiger partial charge on any atom is -0.378 e. The molecule has 2 heterocycles. The van der Waals surface area contributed by atoms with E-state index >= 15 is 0 Å². The maximum absolute atomic E-state index is 12.5. The Morgan fingerprint density at radius 2 is 1.90 bits per heavy atom. The number of morpholine rings is 1. The van der Waals surface area contributed by atoms with Gasteiger partial charge in [-0.15, -0.1) is 0 Å². The van der Waals surface area contributed by atoms with Gasteiger partial charge in [-0.3, -0.25) is 19.1 Å². The Hall–Kier alpha value is -3.39. The zero-order valence-electron chi connectivity index (χ0n) is 16.8. The third kappa shape index (κ3) is 4.13. The van der Waals surface area contributed by atoms with E-state index in [9.17, 15) is 14.4 Å². The molecule has 2 N–H and O–H groups in total. The Kier molecular flexibility index (Phi) is 5.67. The minimum atomic E-state index is -0.516. The van der Waals surface area contributed by atoms with Crippen LogP contribution in [0.1, 0.15) is 12.0 Å². The second kappa shape index (κ2) is 8.54. The Balaban J connectivity index is 1.45. The van der Waals surface area contributed by atoms with Gasteiger partial charge in [0, 0.05) is 37.4 Å². The molecule has 1 aliphatic rings. The summed E-state index contributed by atoms with van der Waals surface area (Å²) < 4.78 is 6.81. The molecule has 1 amide bonds. The number of ether oxygens (including phenoxy) is 1. The molecular formula is C22H24N4O4. The number of rotatable bonds is 5. The summed E-state index contributed by atoms with van der Waals surface area (Å²) in [4.78, 5) is 41.3. The van der Waals surface area contributed by atoms with Crippen molar-refractivity contribution in [3.8, 4) is 0 Å². The Labute approximate surface area is 173 Å². The molecule has 8 heteroatoms. The predicted molar refractivity (Wildman–Crippen MR) is 116 cm³/mol. The highest BCUT2D eigenvalue weighted by molar-refractivity contribution is 5.91. The molecule has 8 nitrogen and oxygen atoms in total. The first kappa shape index (κ1) is 19.9. The molecule has 3 aromatic rings. The van der Waals surface area contributed by atoms with Gasteiger partial charge in [-0.1, -0.05) is 12.1 Å². The van der Waals surface area contributed by atoms with Crippen molar-refractivity contribution in [3.05, 3.63) is 68.9 Å². The highest BCUT2D eigenvalue weighted by atomic mass is 16.5. The summed E-state index contributed by atoms with van der Waals surface area (Å²) >= 11 is 0. The standard InChI is InChI=1S/C22H24N4O4/c1-15-14-16(25-10-12-30-13-11-25)6-7-18(15)23-20(27)8-9-26-19-5-3-2-4-17(19)21(28)24-22(26)29/h2-7,14H,8-13H2,1H3,(H,23,27)(H,24,28,29). The van der Waals surface area contributed by atoms with Gasteiger partial charge in [0.25, 0.3) is 5.56 Å². The number of H-pyrrole nitrogens is 1. The Morgan fingerprint density at radius 3 is 2.67 bits per heavy atom. The van der Waals surface area contributed by atoms with Crippen LogP contribution in [0.5, 0.6) is 0 Å². The molecule has 0 unspecified atom stereocenters. The molecule has 0 spiro atoms. The van der Waals surface area contributed by atoms with E-state index in [0.717, 1.165) is 43.2 Å². The number of carbonyl (C=O) groups is 1. The number of aryl methyl sites for hydroxylation is 2. The van der Waals surface area contributed by atoms with Crippen LogP contribution in [0.25, 0.3) is 10.9 Å². The lowest BCUT2D eigenvalue weighted by atomic mass is 10.1. The summed E-state index contributed by atoms with van der Waals surface area (Å²) in [5.41, 5.74) is 2.41. The lowest BCUT2D eigenvalue weighted by molar-refractivity contribution is -0.116. The fraction of sp³-hybridized carbons (Fsp3) is 0.318. The van der Waals surface area contributed by atoms with E-state index in [1.807, 2.05) is 19.1 Å². The molecule has 1 saturated heterocycles. The van der Waals surface area contributed by atoms with Crippen LogP contribution in [0.2, 0.25) is 0 Å². The van der Waals surface area contributed by atoms with Crippen LogP contribution < -0.4 is 21.5 Å². The molecule has 4 rings (SSSR count). The number of aromatic amines is 1. The molecule has 0 aliphatic carbocycles. The number of amides is 1. The number of carbonyl (C=O) groups excluding carboxylic acids is 1. The van der Waals surface area contributed by atoms with Crippen LogP contribution in [0.15, 0.2) is 52.1 Å². The van der Waals surface area contributed by atoms with Crippen molar-refractivity contribution in [2.75, 3.05) is 36.5 Å². The average Bonchev–Trinajstić information content (AvgIpc) is 2.75. The molecule has 1 aliphatic heterocycles. The van der Waals surface area contributed by atoms with Crippen molar-refractivity contribution >= 4 is 28.2 Å². The summed E-state index contributed by atoms with van der Waals surface area (Å²) in [5.74, 6) is -0.195. The number of hydrogen-bond acceptors (Lipinski definition) is 5. The highest BCUT2D eigenvalue weighted by Gasteiger charge is 2.13. The second-order valence-corrected chi connectivity index (χ2v) is 7.32. The van der Waals surface area contributed by atoms with Crippen molar-refractivity contribution in [1.82, 2.24) is 9.55 Å². The average molecular weight is 408 g/mol. The van der Waals surface area contributed by atoms with Crippen molar-refractivity contribution in [2.45, 2.75) is 19.9 Å². The van der Waals surface area contributed by atoms with Crippen LogP contribution in [-0.4, -0.2) is 41.8 Å². The van der Waals surface area contributed by atoms with E-state index in [1.54, 1.807) is 24.3 Å². The number of nitrogens with zero attached hydrogens (tertiary/aromatic N) is 2. The third-order valence-electron chi connectivity index (χ3n) is 5.33. The highest BCUT2D eigenvalue weighted by Crippen LogP contribution is 2.23. The number of hydrogen-bond donors (Lipinski definition) is 2. The van der Waals surface area contributed by atoms with Crippen molar-refractivity contribution in [2.24, 2.45) is 0 Å². The van der Waals surface area contributed by atoms with Gasteiger partial charge < -0.3 is 15.0 Å². The lowest BCUT2D eigenvalue weighted by Gasteiger charge is -2.29. The second-order valence-electron chi connectivity index (χ2n) is 7.32. The Bertz CT molecular complexity index is 1190. The number of anilines is 2. The molecule has 0 radical (unpaired) electrons. The number of benzene rings is 2. The van der Waals surface area contributed by atoms with Crippen LogP contribution >= 0.6 is 0 Å². The third-order valence-corrected chi connectivity index (χ3v) is 5.33. The molecule has 2 aromatic carbocycles. The van der Waals surface area contributed by atoms with E-state index in [-0.39, 0.29) is 18.9 Å². The molecule has 0 atom stereocenters. The molecule has 0 bridgehead atoms. The first-order valence-electron chi connectivity index (χ1n) is 9.98. The quantitative estimate of drug-likeness (QED) is 0.672. The fourth-order valence-electron chi connectivity index (χ4n) is 3.70. The predicted octanol–water partition coefficient (Wildman–Crippen LogP) is 1.86. The maximum Gasteiger partial charge on any atom is 0.328 e. The molecule has 156 valence electrons. The molecule has 30 heavy (non-hydrogen) atoms. The van der Waals surface area contributed by atoms with Crippen molar-refractivity contribution in [1.29, 1.82) is 0 Å². The zero-order valence-corrected chi connectivity index (χ0v) is 16.8. The maximum atomic E-state index is 12.5. The van der Waals surface area contributed by atoms with Crippen LogP contribution in [0, 0.1) is 6.92 Å². The van der Waals surface area contributed by atoms with Gasteiger partial charge in [-0.25, -0.2) is 4.79 Å². The molecule has 0 saturated carbocycles. The number of para-hydroxylation sites is 1. The molecular weight excluding hydrogens is 384 g/mol. The summed E-state index contributed by atoms with van der Waals surface area (Å²) in [6.07, 6.45) is 0.112. The van der Waals surface area contributed by atoms with E-state index in [2.05, 4.69) is 21.3 Å². The van der Waals surface area contributed by atoms with E-state index < -0.39 is 11.2 Å². The zero-order chi connectivity index (χ0) is 21.1. The van der Waals surface area contributed by atoms with Gasteiger partial charge in [0.1, 0.15) is 0 Å². The van der Waals surface area contributed by atoms with Crippen molar-refractivity contribution in [3.63, 3.8) is 0 Å². The summed E-state index contributed by atoms with van der Waals surface area (Å²) in [6, 6.07) is 12.8. The van der Waals surface area contributed by atoms with Gasteiger partial charge in [-0.05, 0) is 42.8 Å². The van der Waals surface area contributed by atoms with Crippen LogP contribution in [-0.2, 0) is 16.1 Å². The Morgan fingerprint density at radius 1 is 1.13 bits per heavy atom. The lowest BCUT2D eigenvalue weighted by Crippen LogP contribution is -2.36. The number of aromatic nitrogens is 2. The van der Waals surface area contributed by atoms with Crippen LogP contribution in [0.3, 0.4) is 0 Å². The number of fused-ring (bicyclic) bond motifs is 1. The summed E-state index contributed by atoms with van der Waals surface area (Å²) in [7, 11) is 0. The van der Waals surface area contributed by atoms with Gasteiger partial charge in [0.2, 0.25) is 5.91 Å². The summed E-state index contributed by atoms with van der Waals surface area (Å²) in [6.45, 7) is 5.28. The summed E-state index contributed by atoms with van der Waals surface area (Å²) in [5, 5.41) is 3.34. The molecule has 1 fully saturated rings. The van der Waals surface area contributed by atoms with Crippen molar-refractivity contribution < 1.29 is 9.53 Å².